The summed E-state index contributed by atoms with van der Waals surface area (Å²) in [6.45, 7) is 6.97. The van der Waals surface area contributed by atoms with Crippen molar-refractivity contribution in [2.24, 2.45) is 0 Å². The number of thioether (sulfide) groups is 1. The number of esters is 1. The number of ether oxygens (including phenoxy) is 2. The van der Waals surface area contributed by atoms with Gasteiger partial charge in [0.2, 0.25) is 5.91 Å². The van der Waals surface area contributed by atoms with Crippen LogP contribution in [0.5, 0.6) is 0 Å². The second-order valence-electron chi connectivity index (χ2n) is 14.5. The maximum Gasteiger partial charge on any atom is 0.408 e. The molecule has 3 aliphatic heterocycles. The molecule has 54 heavy (non-hydrogen) atoms. The third-order valence-electron chi connectivity index (χ3n) is 9.40. The second-order valence-corrected chi connectivity index (χ2v) is 15.6. The van der Waals surface area contributed by atoms with Crippen LogP contribution in [-0.4, -0.2) is 63.0 Å². The number of carbonyl (C=O) groups is 4. The average Bonchev–Trinajstić information content (AvgIpc) is 3.51. The number of hydrogen-bond donors (Lipinski definition) is 1. The molecule has 3 aromatic carbocycles. The normalized spacial score (nSPS) is 19.1. The summed E-state index contributed by atoms with van der Waals surface area (Å²) in [5.74, 6) is -0.938. The number of amides is 3. The van der Waals surface area contributed by atoms with E-state index in [1.54, 1.807) is 31.7 Å². The highest BCUT2D eigenvalue weighted by molar-refractivity contribution is 8.00. The van der Waals surface area contributed by atoms with Gasteiger partial charge in [0.05, 0.1) is 0 Å². The Morgan fingerprint density at radius 3 is 2.11 bits per heavy atom. The summed E-state index contributed by atoms with van der Waals surface area (Å²) in [4.78, 5) is 57.8. The fraction of sp³-hybridized carbons (Fsp3) is 0.279. The number of likely N-dealkylation sites (tertiary alicyclic amines) is 1. The Morgan fingerprint density at radius 1 is 0.889 bits per heavy atom. The molecule has 2 atom stereocenters. The van der Waals surface area contributed by atoms with Crippen LogP contribution in [0.25, 0.3) is 0 Å². The Bertz CT molecular complexity index is 2040. The fourth-order valence-corrected chi connectivity index (χ4v) is 8.11. The van der Waals surface area contributed by atoms with Crippen LogP contribution in [0, 0.1) is 0 Å². The first kappa shape index (κ1) is 36.7. The maximum absolute atomic E-state index is 14.4. The van der Waals surface area contributed by atoms with Gasteiger partial charge in [-0.15, -0.1) is 11.8 Å². The molecule has 2 saturated heterocycles. The first-order valence-corrected chi connectivity index (χ1v) is 19.1. The number of rotatable bonds is 10. The Kier molecular flexibility index (Phi) is 10.7. The minimum Gasteiger partial charge on any atom is -0.448 e. The number of alkyl carbamates (subject to hydrolysis) is 1. The van der Waals surface area contributed by atoms with Crippen LogP contribution < -0.4 is 9.88 Å². The molecule has 2 fully saturated rings. The van der Waals surface area contributed by atoms with E-state index in [2.05, 4.69) is 22.0 Å². The molecule has 0 saturated carbocycles. The predicted molar refractivity (Wildman–Crippen MR) is 204 cm³/mol. The van der Waals surface area contributed by atoms with E-state index in [-0.39, 0.29) is 11.6 Å². The highest BCUT2D eigenvalue weighted by Crippen LogP contribution is 2.42. The van der Waals surface area contributed by atoms with Crippen LogP contribution in [0.3, 0.4) is 0 Å². The molecule has 3 aliphatic rings. The van der Waals surface area contributed by atoms with Gasteiger partial charge in [-0.2, -0.15) is 0 Å². The number of pyridine rings is 1. The minimum atomic E-state index is -0.887. The molecule has 0 radical (unpaired) electrons. The van der Waals surface area contributed by atoms with Crippen LogP contribution in [0.15, 0.2) is 138 Å². The van der Waals surface area contributed by atoms with Crippen LogP contribution >= 0.6 is 11.8 Å². The molecule has 276 valence electrons. The number of allylic oxidation sites excluding steroid dienone is 1. The van der Waals surface area contributed by atoms with Crippen LogP contribution in [0.1, 0.15) is 55.5 Å². The molecule has 0 aliphatic carbocycles. The van der Waals surface area contributed by atoms with E-state index in [0.717, 1.165) is 23.2 Å². The number of benzene rings is 3. The molecule has 7 rings (SSSR count). The lowest BCUT2D eigenvalue weighted by Gasteiger charge is -2.49. The quantitative estimate of drug-likeness (QED) is 0.0909. The van der Waals surface area contributed by atoms with Crippen LogP contribution in [0.4, 0.5) is 4.79 Å². The van der Waals surface area contributed by atoms with Gasteiger partial charge in [-0.25, -0.2) is 14.2 Å². The number of hydrogen-bond acceptors (Lipinski definition) is 7. The lowest BCUT2D eigenvalue weighted by atomic mass is 10.00. The first-order valence-electron chi connectivity index (χ1n) is 18.0. The van der Waals surface area contributed by atoms with Crippen molar-refractivity contribution in [2.45, 2.75) is 63.4 Å². The summed E-state index contributed by atoms with van der Waals surface area (Å²) in [6, 6.07) is 32.2. The highest BCUT2D eigenvalue weighted by Gasteiger charge is 2.55. The number of β-lactam (4-membered cyclic amide) rings is 1. The summed E-state index contributed by atoms with van der Waals surface area (Å²) in [5.41, 5.74) is 4.17. The summed E-state index contributed by atoms with van der Waals surface area (Å²) in [5, 5.41) is 2.13. The molecule has 11 heteroatoms. The maximum atomic E-state index is 14.4. The van der Waals surface area contributed by atoms with E-state index >= 15 is 0 Å². The van der Waals surface area contributed by atoms with E-state index < -0.39 is 41.1 Å². The third-order valence-corrected chi connectivity index (χ3v) is 10.7. The lowest BCUT2D eigenvalue weighted by Crippen LogP contribution is -2.70. The Balaban J connectivity index is 1.14. The Labute approximate surface area is 319 Å². The number of aromatic nitrogens is 1. The summed E-state index contributed by atoms with van der Waals surface area (Å²) in [7, 11) is 0. The van der Waals surface area contributed by atoms with E-state index in [0.29, 0.717) is 36.4 Å². The van der Waals surface area contributed by atoms with Gasteiger partial charge < -0.3 is 19.7 Å². The fourth-order valence-electron chi connectivity index (χ4n) is 6.80. The van der Waals surface area contributed by atoms with Crippen molar-refractivity contribution in [3.63, 3.8) is 0 Å². The van der Waals surface area contributed by atoms with Crippen molar-refractivity contribution in [3.8, 4) is 0 Å². The predicted octanol–water partition coefficient (Wildman–Crippen LogP) is 6.08. The van der Waals surface area contributed by atoms with Crippen molar-refractivity contribution in [1.29, 1.82) is 0 Å². The molecule has 0 bridgehead atoms. The molecule has 4 heterocycles. The van der Waals surface area contributed by atoms with Crippen molar-refractivity contribution < 1.29 is 33.2 Å². The molecule has 4 aromatic rings. The molecule has 2 unspecified atom stereocenters. The first-order chi connectivity index (χ1) is 26.0. The van der Waals surface area contributed by atoms with E-state index in [4.69, 9.17) is 9.47 Å². The zero-order chi connectivity index (χ0) is 37.8. The van der Waals surface area contributed by atoms with Crippen LogP contribution in [0.2, 0.25) is 0 Å². The zero-order valence-electron chi connectivity index (χ0n) is 30.5. The number of fused-ring (bicyclic) bond motifs is 1. The van der Waals surface area contributed by atoms with Crippen molar-refractivity contribution >= 4 is 35.6 Å². The molecular weight excluding hydrogens is 701 g/mol. The standard InChI is InChI=1S/C43H42N4O6S/c1-43(2,3)53-42(51)44-35-39(49)47-36(41(50)52-37(31-15-9-5-10-16-31)32-17-11-6-12-18-32)34(28-54-40(35)47)25-33-21-24-46(38(33)48)27-30-19-22-45(23-20-30)26-29-13-7-4-8-14-29/h4-20,22-23,25,35,37,40H,21,24,26-28H2,1-3H3/p+1. The molecule has 3 amide bonds. The van der Waals surface area contributed by atoms with Gasteiger partial charge in [-0.1, -0.05) is 91.0 Å². The van der Waals surface area contributed by atoms with E-state index in [1.165, 1.54) is 22.2 Å². The molecule has 10 nitrogen and oxygen atoms in total. The van der Waals surface area contributed by atoms with E-state index in [9.17, 15) is 19.2 Å². The van der Waals surface area contributed by atoms with Gasteiger partial charge in [0, 0.05) is 42.1 Å². The molecule has 1 aromatic heterocycles. The third kappa shape index (κ3) is 8.26. The molecule has 0 spiro atoms. The van der Waals surface area contributed by atoms with E-state index in [1.807, 2.05) is 103 Å². The monoisotopic (exact) mass is 743 g/mol. The lowest BCUT2D eigenvalue weighted by molar-refractivity contribution is -0.688. The Hall–Kier alpha value is -5.68. The van der Waals surface area contributed by atoms with Gasteiger partial charge in [0.25, 0.3) is 5.91 Å². The van der Waals surface area contributed by atoms with Crippen molar-refractivity contribution in [3.05, 3.63) is 161 Å². The Morgan fingerprint density at radius 2 is 1.50 bits per heavy atom. The summed E-state index contributed by atoms with van der Waals surface area (Å²) in [6.07, 6.45) is 4.82. The molecular formula is C43H43N4O6S+. The van der Waals surface area contributed by atoms with Gasteiger partial charge in [0.15, 0.2) is 25.0 Å². The highest BCUT2D eigenvalue weighted by atomic mass is 32.2. The van der Waals surface area contributed by atoms with Crippen molar-refractivity contribution in [1.82, 2.24) is 15.1 Å². The number of nitrogens with one attached hydrogen (secondary N) is 1. The topological polar surface area (TPSA) is 109 Å². The average molecular weight is 744 g/mol. The largest absolute Gasteiger partial charge is 0.448 e. The van der Waals surface area contributed by atoms with Crippen LogP contribution in [-0.2, 0) is 36.9 Å². The summed E-state index contributed by atoms with van der Waals surface area (Å²) < 4.78 is 13.8. The second kappa shape index (κ2) is 15.7. The SMILES string of the molecule is CC(C)(C)OC(=O)NC1C(=O)N2C(C(=O)OC(c3ccccc3)c3ccccc3)=C(C=C3CCN(Cc4cc[n+](Cc5ccccc5)cc4)C3=O)CSC12. The zero-order valence-corrected chi connectivity index (χ0v) is 31.3. The number of nitrogens with zero attached hydrogens (tertiary/aromatic N) is 3. The van der Waals surface area contributed by atoms with Gasteiger partial charge in [-0.05, 0) is 55.5 Å². The minimum absolute atomic E-state index is 0.0765. The molecule has 1 N–H and O–H groups in total. The smallest absolute Gasteiger partial charge is 0.408 e. The van der Waals surface area contributed by atoms with Gasteiger partial charge in [0.1, 0.15) is 22.7 Å². The summed E-state index contributed by atoms with van der Waals surface area (Å²) >= 11 is 1.41. The van der Waals surface area contributed by atoms with Gasteiger partial charge in [-0.3, -0.25) is 14.5 Å². The van der Waals surface area contributed by atoms with Gasteiger partial charge >= 0.3 is 12.1 Å². The van der Waals surface area contributed by atoms with Crippen molar-refractivity contribution in [2.75, 3.05) is 12.3 Å². The number of carbonyl (C=O) groups excluding carboxylic acids is 4.